The molecule has 1 aliphatic heterocycles. The molecule has 1 spiro atoms. The molecule has 9 atom stereocenters. The highest BCUT2D eigenvalue weighted by Gasteiger charge is 3.05. The van der Waals surface area contributed by atoms with E-state index in [1.807, 2.05) is 6.92 Å². The maximum Gasteiger partial charge on any atom is 0.306 e. The summed E-state index contributed by atoms with van der Waals surface area (Å²) in [5.41, 5.74) is -7.67. The zero-order valence-corrected chi connectivity index (χ0v) is 16.4. The summed E-state index contributed by atoms with van der Waals surface area (Å²) in [6, 6.07) is 0. The van der Waals surface area contributed by atoms with Crippen molar-refractivity contribution in [2.45, 2.75) is 50.9 Å². The summed E-state index contributed by atoms with van der Waals surface area (Å²) in [5.74, 6) is -2.71. The summed E-state index contributed by atoms with van der Waals surface area (Å²) < 4.78 is 11.3. The first-order valence-electron chi connectivity index (χ1n) is 9.88. The highest BCUT2D eigenvalue weighted by Crippen LogP contribution is 2.95. The number of Topliss-reactive ketones (excluding diaryl/α,β-unsaturated/α-hetero) is 1. The predicted octanol–water partition coefficient (Wildman–Crippen LogP) is 0.171. The second-order valence-corrected chi connectivity index (χ2v) is 10.2. The van der Waals surface area contributed by atoms with Crippen molar-refractivity contribution in [2.75, 3.05) is 13.7 Å². The molecule has 6 aliphatic carbocycles. The van der Waals surface area contributed by atoms with Gasteiger partial charge in [-0.1, -0.05) is 19.4 Å². The minimum Gasteiger partial charge on any atom is -0.462 e. The lowest BCUT2D eigenvalue weighted by atomic mass is 9.24. The van der Waals surface area contributed by atoms with Crippen LogP contribution in [-0.4, -0.2) is 58.8 Å². The van der Waals surface area contributed by atoms with E-state index in [2.05, 4.69) is 0 Å². The van der Waals surface area contributed by atoms with Crippen molar-refractivity contribution in [3.63, 3.8) is 0 Å². The standard InChI is InChI=1S/C21H24O7/c1-9-5-11(22)20(25)17(3)14-15(24)21(20,26)16(2)10-6-13(23)28-12(7-19(9,16)17)18(10,14)8-27-4/h5,10,12,14,25-26H,6-8H2,1-4H3/t10-,12+,14-,16+,17+,18+,19+,20+,21-/m0/s1. The molecule has 8 bridgehead atoms. The van der Waals surface area contributed by atoms with Gasteiger partial charge in [-0.2, -0.15) is 0 Å². The molecule has 0 aromatic rings. The number of aliphatic hydroxyl groups is 2. The highest BCUT2D eigenvalue weighted by molar-refractivity contribution is 6.15. The third-order valence-corrected chi connectivity index (χ3v) is 10.4. The molecule has 1 heterocycles. The molecular weight excluding hydrogens is 364 g/mol. The van der Waals surface area contributed by atoms with Crippen LogP contribution in [0.25, 0.3) is 0 Å². The normalized spacial score (nSPS) is 62.4. The van der Waals surface area contributed by atoms with Crippen molar-refractivity contribution in [3.8, 4) is 0 Å². The Kier molecular flexibility index (Phi) is 2.49. The Morgan fingerprint density at radius 1 is 1.18 bits per heavy atom. The molecule has 5 saturated carbocycles. The molecule has 1 saturated heterocycles. The summed E-state index contributed by atoms with van der Waals surface area (Å²) in [6.45, 7) is 5.61. The average Bonchev–Trinajstić information content (AvgIpc) is 2.79. The Bertz CT molecular complexity index is 954. The lowest BCUT2D eigenvalue weighted by Crippen LogP contribution is -2.84. The number of carbonyl (C=O) groups excluding carboxylic acids is 3. The maximum absolute atomic E-state index is 13.8. The number of carbonyl (C=O) groups is 3. The molecule has 7 nitrogen and oxygen atoms in total. The average molecular weight is 388 g/mol. The van der Waals surface area contributed by atoms with Crippen molar-refractivity contribution >= 4 is 17.5 Å². The smallest absolute Gasteiger partial charge is 0.306 e. The van der Waals surface area contributed by atoms with Gasteiger partial charge in [0.05, 0.1) is 6.61 Å². The number of allylic oxidation sites excluding steroid dienone is 1. The van der Waals surface area contributed by atoms with Gasteiger partial charge >= 0.3 is 5.97 Å². The molecule has 150 valence electrons. The van der Waals surface area contributed by atoms with Crippen molar-refractivity contribution in [2.24, 2.45) is 33.5 Å². The van der Waals surface area contributed by atoms with Gasteiger partial charge in [-0.3, -0.25) is 14.4 Å². The number of hydrogen-bond donors (Lipinski definition) is 2. The first-order valence-corrected chi connectivity index (χ1v) is 9.88. The van der Waals surface area contributed by atoms with Crippen LogP contribution in [0, 0.1) is 33.5 Å². The van der Waals surface area contributed by atoms with Gasteiger partial charge in [-0.25, -0.2) is 0 Å². The van der Waals surface area contributed by atoms with Gasteiger partial charge in [0.25, 0.3) is 0 Å². The Labute approximate surface area is 162 Å². The van der Waals surface area contributed by atoms with Crippen LogP contribution in [0.3, 0.4) is 0 Å². The number of rotatable bonds is 2. The van der Waals surface area contributed by atoms with Crippen LogP contribution in [0.5, 0.6) is 0 Å². The summed E-state index contributed by atoms with van der Waals surface area (Å²) in [4.78, 5) is 39.4. The van der Waals surface area contributed by atoms with E-state index in [0.717, 1.165) is 5.57 Å². The molecule has 2 N–H and O–H groups in total. The number of ketones is 2. The maximum atomic E-state index is 13.8. The van der Waals surface area contributed by atoms with E-state index in [4.69, 9.17) is 9.47 Å². The monoisotopic (exact) mass is 388 g/mol. The Morgan fingerprint density at radius 2 is 1.86 bits per heavy atom. The third-order valence-electron chi connectivity index (χ3n) is 10.4. The van der Waals surface area contributed by atoms with Crippen LogP contribution in [0.15, 0.2) is 11.6 Å². The molecular formula is C21H24O7. The number of esters is 1. The molecule has 0 amide bonds. The van der Waals surface area contributed by atoms with Crippen LogP contribution in [0.4, 0.5) is 0 Å². The number of hydrogen-bond acceptors (Lipinski definition) is 7. The molecule has 7 rings (SSSR count). The van der Waals surface area contributed by atoms with Crippen molar-refractivity contribution in [1.82, 2.24) is 0 Å². The van der Waals surface area contributed by atoms with Gasteiger partial charge in [-0.05, 0) is 25.3 Å². The van der Waals surface area contributed by atoms with Gasteiger partial charge in [0, 0.05) is 41.1 Å². The topological polar surface area (TPSA) is 110 Å². The Morgan fingerprint density at radius 3 is 2.50 bits per heavy atom. The molecule has 28 heavy (non-hydrogen) atoms. The molecule has 7 aliphatic rings. The van der Waals surface area contributed by atoms with Crippen molar-refractivity contribution in [1.29, 1.82) is 0 Å². The number of methoxy groups -OCH3 is 1. The summed E-state index contributed by atoms with van der Waals surface area (Å²) in [5, 5.41) is 23.9. The second-order valence-electron chi connectivity index (χ2n) is 10.2. The fourth-order valence-corrected chi connectivity index (χ4v) is 9.93. The van der Waals surface area contributed by atoms with Crippen molar-refractivity contribution < 1.29 is 34.1 Å². The minimum absolute atomic E-state index is 0.0395. The first kappa shape index (κ1) is 17.3. The largest absolute Gasteiger partial charge is 0.462 e. The second kappa shape index (κ2) is 4.02. The third kappa shape index (κ3) is 0.989. The molecule has 6 fully saturated rings. The van der Waals surface area contributed by atoms with E-state index in [9.17, 15) is 24.6 Å². The van der Waals surface area contributed by atoms with Crippen LogP contribution >= 0.6 is 0 Å². The van der Waals surface area contributed by atoms with E-state index in [-0.39, 0.29) is 19.0 Å². The van der Waals surface area contributed by atoms with E-state index in [1.165, 1.54) is 6.08 Å². The summed E-state index contributed by atoms with van der Waals surface area (Å²) >= 11 is 0. The van der Waals surface area contributed by atoms with Crippen LogP contribution in [-0.2, 0) is 23.9 Å². The molecule has 0 aromatic carbocycles. The van der Waals surface area contributed by atoms with E-state index < -0.39 is 62.4 Å². The molecule has 0 unspecified atom stereocenters. The Balaban J connectivity index is 1.82. The van der Waals surface area contributed by atoms with Crippen LogP contribution in [0.2, 0.25) is 0 Å². The van der Waals surface area contributed by atoms with E-state index in [1.54, 1.807) is 21.0 Å². The first-order chi connectivity index (χ1) is 13.0. The molecule has 0 aromatic heterocycles. The molecule has 0 radical (unpaired) electrons. The number of ether oxygens (including phenoxy) is 2. The summed E-state index contributed by atoms with van der Waals surface area (Å²) in [7, 11) is 1.54. The highest BCUT2D eigenvalue weighted by atomic mass is 16.6. The van der Waals surface area contributed by atoms with Crippen molar-refractivity contribution in [3.05, 3.63) is 11.6 Å². The summed E-state index contributed by atoms with van der Waals surface area (Å²) in [6.07, 6.45) is 1.27. The van der Waals surface area contributed by atoms with Gasteiger partial charge in [-0.15, -0.1) is 0 Å². The SMILES string of the molecule is COC[C@@]12[C@H]3CC(=O)O[C@@H]1C[C@]14C(C)=CC(=O)[C@]5(O)[C@](O)(C(=O)[C@H]2[C@@]51C)[C@]34C. The fourth-order valence-electron chi connectivity index (χ4n) is 9.93. The lowest BCUT2D eigenvalue weighted by molar-refractivity contribution is -0.342. The van der Waals surface area contributed by atoms with Gasteiger partial charge in [0.2, 0.25) is 0 Å². The van der Waals surface area contributed by atoms with Gasteiger partial charge in [0.1, 0.15) is 6.10 Å². The van der Waals surface area contributed by atoms with Crippen LogP contribution in [0.1, 0.15) is 33.6 Å². The van der Waals surface area contributed by atoms with Crippen LogP contribution < -0.4 is 0 Å². The predicted molar refractivity (Wildman–Crippen MR) is 92.7 cm³/mol. The van der Waals surface area contributed by atoms with Gasteiger partial charge in [0.15, 0.2) is 22.8 Å². The van der Waals surface area contributed by atoms with E-state index in [0.29, 0.717) is 6.42 Å². The zero-order chi connectivity index (χ0) is 20.3. The minimum atomic E-state index is -2.23. The zero-order valence-electron chi connectivity index (χ0n) is 16.4. The Hall–Kier alpha value is -1.57. The molecule has 7 heteroatoms. The quantitative estimate of drug-likeness (QED) is 0.649. The fraction of sp³-hybridized carbons (Fsp3) is 0.762. The lowest BCUT2D eigenvalue weighted by Gasteiger charge is -2.79. The van der Waals surface area contributed by atoms with E-state index >= 15 is 0 Å². The van der Waals surface area contributed by atoms with Gasteiger partial charge < -0.3 is 19.7 Å².